The van der Waals surface area contributed by atoms with Crippen LogP contribution in [0.3, 0.4) is 0 Å². The summed E-state index contributed by atoms with van der Waals surface area (Å²) in [5, 5.41) is 3.17. The molecular weight excluding hydrogens is 338 g/mol. The number of hydrogen-bond donors (Lipinski definition) is 1. The van der Waals surface area contributed by atoms with Crippen molar-refractivity contribution < 1.29 is 4.79 Å². The van der Waals surface area contributed by atoms with Gasteiger partial charge in [0.25, 0.3) is 0 Å². The van der Waals surface area contributed by atoms with Crippen LogP contribution < -0.4 is 5.32 Å². The summed E-state index contributed by atoms with van der Waals surface area (Å²) in [7, 11) is 0. The van der Waals surface area contributed by atoms with Crippen molar-refractivity contribution >= 4 is 17.7 Å². The molecular formula is C23H21NOS. The van der Waals surface area contributed by atoms with E-state index in [0.717, 1.165) is 6.42 Å². The lowest BCUT2D eigenvalue weighted by molar-refractivity contribution is -0.120. The summed E-state index contributed by atoms with van der Waals surface area (Å²) in [5.74, 6) is 0.290. The molecule has 1 amide bonds. The van der Waals surface area contributed by atoms with E-state index in [2.05, 4.69) is 66.0 Å². The minimum Gasteiger partial charge on any atom is -0.354 e. The Bertz CT molecular complexity index is 814. The molecule has 0 spiro atoms. The molecule has 0 saturated carbocycles. The molecule has 3 aromatic rings. The molecule has 0 aliphatic carbocycles. The van der Waals surface area contributed by atoms with E-state index in [0.29, 0.717) is 6.54 Å². The van der Waals surface area contributed by atoms with Gasteiger partial charge in [-0.2, -0.15) is 0 Å². The number of rotatable bonds is 5. The molecule has 3 heteroatoms. The third-order valence-electron chi connectivity index (χ3n) is 4.82. The second kappa shape index (κ2) is 7.79. The quantitative estimate of drug-likeness (QED) is 0.718. The highest BCUT2D eigenvalue weighted by molar-refractivity contribution is 8.01. The first-order chi connectivity index (χ1) is 12.8. The van der Waals surface area contributed by atoms with Crippen LogP contribution in [0.5, 0.6) is 0 Å². The number of nitrogens with one attached hydrogen (secondary N) is 1. The van der Waals surface area contributed by atoms with Gasteiger partial charge in [-0.05, 0) is 29.2 Å². The van der Waals surface area contributed by atoms with E-state index in [1.807, 2.05) is 24.3 Å². The molecule has 130 valence electrons. The Balaban J connectivity index is 1.46. The Hall–Kier alpha value is -2.52. The molecule has 0 saturated heterocycles. The van der Waals surface area contributed by atoms with E-state index in [9.17, 15) is 4.79 Å². The number of carbonyl (C=O) groups is 1. The minimum atomic E-state index is -0.0282. The van der Waals surface area contributed by atoms with Crippen LogP contribution in [0.2, 0.25) is 0 Å². The van der Waals surface area contributed by atoms with Crippen LogP contribution in [0.25, 0.3) is 0 Å². The zero-order valence-corrected chi connectivity index (χ0v) is 15.3. The highest BCUT2D eigenvalue weighted by Gasteiger charge is 2.28. The van der Waals surface area contributed by atoms with Gasteiger partial charge < -0.3 is 5.32 Å². The fourth-order valence-corrected chi connectivity index (χ4v) is 4.66. The Labute approximate surface area is 158 Å². The molecule has 0 radical (unpaired) electrons. The van der Waals surface area contributed by atoms with Gasteiger partial charge in [0.2, 0.25) is 5.91 Å². The lowest BCUT2D eigenvalue weighted by Gasteiger charge is -2.20. The Morgan fingerprint density at radius 2 is 1.46 bits per heavy atom. The van der Waals surface area contributed by atoms with Gasteiger partial charge in [-0.1, -0.05) is 78.9 Å². The van der Waals surface area contributed by atoms with Crippen molar-refractivity contribution in [2.45, 2.75) is 22.5 Å². The van der Waals surface area contributed by atoms with E-state index in [1.54, 1.807) is 11.8 Å². The van der Waals surface area contributed by atoms with Crippen LogP contribution in [0.1, 0.15) is 22.6 Å². The summed E-state index contributed by atoms with van der Waals surface area (Å²) < 4.78 is 0. The summed E-state index contributed by atoms with van der Waals surface area (Å²) >= 11 is 1.68. The maximum Gasteiger partial charge on any atom is 0.233 e. The molecule has 1 heterocycles. The number of benzene rings is 3. The van der Waals surface area contributed by atoms with Gasteiger partial charge in [0.05, 0.1) is 5.25 Å². The molecule has 3 aromatic carbocycles. The van der Waals surface area contributed by atoms with E-state index in [1.165, 1.54) is 21.6 Å². The van der Waals surface area contributed by atoms with Gasteiger partial charge in [0.1, 0.15) is 0 Å². The van der Waals surface area contributed by atoms with E-state index >= 15 is 0 Å². The van der Waals surface area contributed by atoms with E-state index in [4.69, 9.17) is 0 Å². The molecule has 4 rings (SSSR count). The van der Waals surface area contributed by atoms with Gasteiger partial charge in [-0.15, -0.1) is 11.8 Å². The number of carbonyl (C=O) groups excluding carboxylic acids is 1. The van der Waals surface area contributed by atoms with E-state index in [-0.39, 0.29) is 17.1 Å². The smallest absolute Gasteiger partial charge is 0.233 e. The molecule has 26 heavy (non-hydrogen) atoms. The first-order valence-electron chi connectivity index (χ1n) is 8.93. The lowest BCUT2D eigenvalue weighted by atomic mass is 9.91. The first-order valence-corrected chi connectivity index (χ1v) is 9.81. The summed E-state index contributed by atoms with van der Waals surface area (Å²) in [6, 6.07) is 29.1. The van der Waals surface area contributed by atoms with Crippen LogP contribution in [0, 0.1) is 0 Å². The largest absolute Gasteiger partial charge is 0.354 e. The number of amides is 1. The molecule has 1 atom stereocenters. The highest BCUT2D eigenvalue weighted by atomic mass is 32.2. The molecule has 2 nitrogen and oxygen atoms in total. The van der Waals surface area contributed by atoms with Crippen molar-refractivity contribution in [3.63, 3.8) is 0 Å². The SMILES string of the molecule is O=C(NCC(c1ccccc1)c1ccccc1)C1Cc2ccccc2S1. The number of fused-ring (bicyclic) bond motifs is 1. The summed E-state index contributed by atoms with van der Waals surface area (Å²) in [5.41, 5.74) is 3.73. The second-order valence-corrected chi connectivity index (χ2v) is 7.78. The molecule has 1 unspecified atom stereocenters. The van der Waals surface area contributed by atoms with Crippen LogP contribution in [-0.2, 0) is 11.2 Å². The van der Waals surface area contributed by atoms with Crippen LogP contribution in [-0.4, -0.2) is 17.7 Å². The minimum absolute atomic E-state index is 0.0282. The van der Waals surface area contributed by atoms with Crippen LogP contribution >= 0.6 is 11.8 Å². The summed E-state index contributed by atoms with van der Waals surface area (Å²) in [4.78, 5) is 14.0. The van der Waals surface area contributed by atoms with Gasteiger partial charge >= 0.3 is 0 Å². The average Bonchev–Trinajstić information content (AvgIpc) is 3.14. The fourth-order valence-electron chi connectivity index (χ4n) is 3.44. The zero-order valence-electron chi connectivity index (χ0n) is 14.5. The van der Waals surface area contributed by atoms with Crippen molar-refractivity contribution in [1.29, 1.82) is 0 Å². The number of hydrogen-bond acceptors (Lipinski definition) is 2. The molecule has 0 bridgehead atoms. The molecule has 1 aliphatic heterocycles. The lowest BCUT2D eigenvalue weighted by Crippen LogP contribution is -2.35. The first kappa shape index (κ1) is 16.9. The van der Waals surface area contributed by atoms with Crippen molar-refractivity contribution in [1.82, 2.24) is 5.32 Å². The zero-order chi connectivity index (χ0) is 17.8. The molecule has 1 aliphatic rings. The van der Waals surface area contributed by atoms with E-state index < -0.39 is 0 Å². The maximum atomic E-state index is 12.7. The fraction of sp³-hybridized carbons (Fsp3) is 0.174. The van der Waals surface area contributed by atoms with Crippen molar-refractivity contribution in [2.24, 2.45) is 0 Å². The Morgan fingerprint density at radius 1 is 0.885 bits per heavy atom. The van der Waals surface area contributed by atoms with Crippen LogP contribution in [0.4, 0.5) is 0 Å². The van der Waals surface area contributed by atoms with Gasteiger partial charge in [-0.3, -0.25) is 4.79 Å². The van der Waals surface area contributed by atoms with Crippen molar-refractivity contribution in [2.75, 3.05) is 6.54 Å². The number of thioether (sulfide) groups is 1. The average molecular weight is 359 g/mol. The topological polar surface area (TPSA) is 29.1 Å². The summed E-state index contributed by atoms with van der Waals surface area (Å²) in [6.45, 7) is 0.611. The van der Waals surface area contributed by atoms with Crippen LogP contribution in [0.15, 0.2) is 89.8 Å². The Kier molecular flexibility index (Phi) is 5.07. The van der Waals surface area contributed by atoms with Gasteiger partial charge in [-0.25, -0.2) is 0 Å². The second-order valence-electron chi connectivity index (χ2n) is 6.54. The maximum absolute atomic E-state index is 12.7. The van der Waals surface area contributed by atoms with Gasteiger partial charge in [0.15, 0.2) is 0 Å². The normalized spacial score (nSPS) is 15.7. The van der Waals surface area contributed by atoms with Gasteiger partial charge in [0, 0.05) is 17.4 Å². The molecule has 0 fully saturated rings. The standard InChI is InChI=1S/C23H21NOS/c25-23(22-15-19-13-7-8-14-21(19)26-22)24-16-20(17-9-3-1-4-10-17)18-11-5-2-6-12-18/h1-14,20,22H,15-16H2,(H,24,25). The molecule has 1 N–H and O–H groups in total. The van der Waals surface area contributed by atoms with Crippen molar-refractivity contribution in [3.8, 4) is 0 Å². The monoisotopic (exact) mass is 359 g/mol. The highest BCUT2D eigenvalue weighted by Crippen LogP contribution is 2.36. The molecule has 0 aromatic heterocycles. The Morgan fingerprint density at radius 3 is 2.08 bits per heavy atom. The third-order valence-corrected chi connectivity index (χ3v) is 6.14. The predicted octanol–water partition coefficient (Wildman–Crippen LogP) is 4.65. The summed E-state index contributed by atoms with van der Waals surface area (Å²) in [6.07, 6.45) is 0.814. The predicted molar refractivity (Wildman–Crippen MR) is 108 cm³/mol. The van der Waals surface area contributed by atoms with Crippen molar-refractivity contribution in [3.05, 3.63) is 102 Å². The third kappa shape index (κ3) is 3.68.